The predicted octanol–water partition coefficient (Wildman–Crippen LogP) is 17.7. The Morgan fingerprint density at radius 2 is 0.947 bits per heavy atom. The van der Waals surface area contributed by atoms with Gasteiger partial charge in [0.05, 0.1) is 43.6 Å². The summed E-state index contributed by atoms with van der Waals surface area (Å²) in [7, 11) is 0. The van der Waals surface area contributed by atoms with E-state index in [4.69, 9.17) is 0 Å². The summed E-state index contributed by atoms with van der Waals surface area (Å²) in [6.45, 7) is 2.28. The highest BCUT2D eigenvalue weighted by molar-refractivity contribution is 7.13. The van der Waals surface area contributed by atoms with Crippen LogP contribution in [0.3, 0.4) is 0 Å². The molecule has 0 unspecified atom stereocenters. The molecule has 7 heterocycles. The lowest BCUT2D eigenvalue weighted by molar-refractivity contribution is 0.684. The van der Waals surface area contributed by atoms with E-state index in [9.17, 15) is 0 Å². The number of hydrogen-bond acceptors (Lipinski definition) is 7. The third-order valence-electron chi connectivity index (χ3n) is 14.4. The number of nitrogens with zero attached hydrogens (tertiary/aromatic N) is 5. The molecular formula is C69H57N5S2. The highest BCUT2D eigenvalue weighted by atomic mass is 32.1. The monoisotopic (exact) mass is 1020 g/mol. The molecule has 12 aromatic rings. The van der Waals surface area contributed by atoms with Crippen LogP contribution in [0.2, 0.25) is 0 Å². The molecule has 0 bridgehead atoms. The van der Waals surface area contributed by atoms with Gasteiger partial charge in [0.2, 0.25) is 0 Å². The first-order chi connectivity index (χ1) is 37.6. The largest absolute Gasteiger partial charge is 0.260 e. The molecule has 0 atom stereocenters. The summed E-state index contributed by atoms with van der Waals surface area (Å²) in [5.74, 6) is 0. The molecule has 15 rings (SSSR count). The van der Waals surface area contributed by atoms with Crippen LogP contribution in [0.4, 0.5) is 0 Å². The first kappa shape index (κ1) is 49.7. The fourth-order valence-electron chi connectivity index (χ4n) is 10.6. The minimum absolute atomic E-state index is 0.158. The van der Waals surface area contributed by atoms with Crippen LogP contribution in [0.1, 0.15) is 58.8 Å². The second-order valence-electron chi connectivity index (χ2n) is 19.1. The van der Waals surface area contributed by atoms with Gasteiger partial charge in [-0.25, -0.2) is 0 Å². The third kappa shape index (κ3) is 11.0. The number of fused-ring (bicyclic) bond motifs is 8. The van der Waals surface area contributed by atoms with E-state index in [0.717, 1.165) is 35.6 Å². The van der Waals surface area contributed by atoms with Gasteiger partial charge in [-0.2, -0.15) is 0 Å². The summed E-state index contributed by atoms with van der Waals surface area (Å²) in [5.41, 5.74) is 19.1. The molecule has 5 nitrogen and oxygen atoms in total. The van der Waals surface area contributed by atoms with Crippen LogP contribution >= 0.6 is 22.7 Å². The molecule has 0 saturated carbocycles. The van der Waals surface area contributed by atoms with Crippen molar-refractivity contribution in [3.63, 3.8) is 0 Å². The zero-order valence-electron chi connectivity index (χ0n) is 42.5. The zero-order chi connectivity index (χ0) is 51.4. The van der Waals surface area contributed by atoms with Gasteiger partial charge in [-0.1, -0.05) is 146 Å². The number of benzene rings is 5. The number of aromatic nitrogens is 5. The normalized spacial score (nSPS) is 12.9. The van der Waals surface area contributed by atoms with Gasteiger partial charge in [0.25, 0.3) is 0 Å². The fraction of sp³-hybridized carbons (Fsp3) is 0.116. The van der Waals surface area contributed by atoms with E-state index in [1.807, 2.05) is 85.6 Å². The molecule has 0 saturated heterocycles. The van der Waals surface area contributed by atoms with Gasteiger partial charge in [0.15, 0.2) is 0 Å². The molecule has 0 N–H and O–H groups in total. The van der Waals surface area contributed by atoms with Crippen LogP contribution in [0.5, 0.6) is 0 Å². The molecule has 5 aromatic carbocycles. The minimum Gasteiger partial charge on any atom is -0.260 e. The van der Waals surface area contributed by atoms with Crippen LogP contribution in [0.25, 0.3) is 65.6 Å². The lowest BCUT2D eigenvalue weighted by Gasteiger charge is -2.26. The summed E-state index contributed by atoms with van der Waals surface area (Å²) in [6, 6.07) is 73.8. The van der Waals surface area contributed by atoms with Crippen molar-refractivity contribution in [3.8, 4) is 54.8 Å². The molecule has 3 aliphatic carbocycles. The molecule has 7 aromatic heterocycles. The number of rotatable bonds is 4. The maximum Gasteiger partial charge on any atom is 0.0879 e. The zero-order valence-corrected chi connectivity index (χ0v) is 44.2. The molecule has 3 aliphatic rings. The Balaban J connectivity index is 0.000000103. The van der Waals surface area contributed by atoms with Crippen LogP contribution in [0, 0.1) is 0 Å². The Kier molecular flexibility index (Phi) is 15.6. The molecule has 370 valence electrons. The van der Waals surface area contributed by atoms with Crippen molar-refractivity contribution in [2.75, 3.05) is 0 Å². The molecule has 0 radical (unpaired) electrons. The second kappa shape index (κ2) is 23.8. The smallest absolute Gasteiger partial charge is 0.0879 e. The maximum atomic E-state index is 4.63. The fourth-order valence-corrected chi connectivity index (χ4v) is 12.0. The van der Waals surface area contributed by atoms with E-state index in [1.54, 1.807) is 22.7 Å². The van der Waals surface area contributed by atoms with E-state index in [0.29, 0.717) is 0 Å². The summed E-state index contributed by atoms with van der Waals surface area (Å²) in [5, 5.41) is 6.61. The molecule has 0 spiro atoms. The third-order valence-corrected chi connectivity index (χ3v) is 16.2. The first-order valence-electron chi connectivity index (χ1n) is 26.1. The van der Waals surface area contributed by atoms with Gasteiger partial charge in [-0.15, -0.1) is 22.7 Å². The average molecular weight is 1020 g/mol. The van der Waals surface area contributed by atoms with Crippen LogP contribution in [-0.2, 0) is 31.1 Å². The summed E-state index contributed by atoms with van der Waals surface area (Å²) in [6.07, 6.45) is 16.7. The standard InChI is InChI=1S/C19H15N.C15H15N.C13H9NS.C13H11N.C9H7NS/c1-19(18-12-6-7-13-20-18)16-10-4-2-8-14(16)15-9-3-5-11-17(15)19;1-2-6-13-11-14(9-8-12(13)5-1)15-7-3-4-10-16-15;1-2-5-11-10(4-1)7-8-14-13(11)12-6-3-9-15-12;1-2-6-12-10(4-1)7-8-11-5-3-9-14-13(11)12;1-2-6-10-8(4-1)9-5-3-7-11-9/h2-13H,1H3;3-4,7-11H,1-2,5-6H2;1-9H;1-6,9H,7-8H2;1-7H. The molecule has 0 aliphatic heterocycles. The van der Waals surface area contributed by atoms with Crippen LogP contribution in [-0.4, -0.2) is 24.9 Å². The Hall–Kier alpha value is -8.49. The van der Waals surface area contributed by atoms with Crippen molar-refractivity contribution < 1.29 is 0 Å². The van der Waals surface area contributed by atoms with Gasteiger partial charge in [0, 0.05) is 47.5 Å². The van der Waals surface area contributed by atoms with E-state index in [2.05, 4.69) is 200 Å². The maximum absolute atomic E-state index is 4.63. The highest BCUT2D eigenvalue weighted by Gasteiger charge is 2.41. The SMILES string of the molecule is CC1(c2ccccn2)c2ccccc2-c2ccccc21.c1ccc(-c2ccc3c(c2)CCCC3)nc1.c1ccc(-c2cccs2)nc1.c1ccc2c(c1)CCc1cccnc1-2.c1csc(-c2nccc3ccccc23)c1. The van der Waals surface area contributed by atoms with E-state index in [1.165, 1.54) is 108 Å². The van der Waals surface area contributed by atoms with Crippen molar-refractivity contribution in [3.05, 3.63) is 293 Å². The van der Waals surface area contributed by atoms with Crippen molar-refractivity contribution in [2.45, 2.75) is 50.9 Å². The second-order valence-corrected chi connectivity index (χ2v) is 21.0. The molecule has 76 heavy (non-hydrogen) atoms. The molecule has 0 amide bonds. The van der Waals surface area contributed by atoms with Crippen molar-refractivity contribution in [1.82, 2.24) is 24.9 Å². The Morgan fingerprint density at radius 3 is 1.64 bits per heavy atom. The van der Waals surface area contributed by atoms with E-state index >= 15 is 0 Å². The molecule has 7 heteroatoms. The number of aryl methyl sites for hydroxylation is 4. The Labute approximate surface area is 454 Å². The Bertz CT molecular complexity index is 3690. The average Bonchev–Trinajstić information content (AvgIpc) is 4.43. The van der Waals surface area contributed by atoms with E-state index < -0.39 is 0 Å². The molecular weight excluding hydrogens is 963 g/mol. The highest BCUT2D eigenvalue weighted by Crippen LogP contribution is 2.51. The Morgan fingerprint density at radius 1 is 0.368 bits per heavy atom. The quantitative estimate of drug-likeness (QED) is 0.176. The number of thiophene rings is 2. The minimum atomic E-state index is -0.158. The number of hydrogen-bond donors (Lipinski definition) is 0. The van der Waals surface area contributed by atoms with Crippen molar-refractivity contribution >= 4 is 33.4 Å². The van der Waals surface area contributed by atoms with Gasteiger partial charge >= 0.3 is 0 Å². The lowest BCUT2D eigenvalue weighted by Crippen LogP contribution is -2.23. The van der Waals surface area contributed by atoms with Gasteiger partial charge in [0.1, 0.15) is 0 Å². The van der Waals surface area contributed by atoms with Gasteiger partial charge in [-0.3, -0.25) is 24.9 Å². The van der Waals surface area contributed by atoms with E-state index in [-0.39, 0.29) is 5.41 Å². The first-order valence-corrected chi connectivity index (χ1v) is 27.9. The van der Waals surface area contributed by atoms with Crippen molar-refractivity contribution in [1.29, 1.82) is 0 Å². The summed E-state index contributed by atoms with van der Waals surface area (Å²) >= 11 is 3.44. The number of pyridine rings is 5. The van der Waals surface area contributed by atoms with Crippen molar-refractivity contribution in [2.24, 2.45) is 0 Å². The summed E-state index contributed by atoms with van der Waals surface area (Å²) in [4.78, 5) is 24.6. The summed E-state index contributed by atoms with van der Waals surface area (Å²) < 4.78 is 0. The van der Waals surface area contributed by atoms with Crippen LogP contribution in [0.15, 0.2) is 254 Å². The molecule has 0 fully saturated rings. The predicted molar refractivity (Wildman–Crippen MR) is 318 cm³/mol. The topological polar surface area (TPSA) is 64.5 Å². The van der Waals surface area contributed by atoms with Gasteiger partial charge in [-0.05, 0) is 173 Å². The van der Waals surface area contributed by atoms with Crippen LogP contribution < -0.4 is 0 Å². The van der Waals surface area contributed by atoms with Gasteiger partial charge < -0.3 is 0 Å². The lowest BCUT2D eigenvalue weighted by atomic mass is 9.77.